The number of aryl methyl sites for hydroxylation is 3. The SMILES string of the molecule is Cc1cc(C)c(-c2csc(NC(=O)c3ccc(C#N)cc3)n2)c(C)c1. The number of carbonyl (C=O) groups is 1. The number of hydrogen-bond acceptors (Lipinski definition) is 4. The fourth-order valence-electron chi connectivity index (χ4n) is 2.90. The zero-order valence-electron chi connectivity index (χ0n) is 14.3. The van der Waals surface area contributed by atoms with Gasteiger partial charge in [-0.1, -0.05) is 17.7 Å². The summed E-state index contributed by atoms with van der Waals surface area (Å²) in [5.41, 5.74) is 6.58. The molecule has 1 heterocycles. The lowest BCUT2D eigenvalue weighted by Crippen LogP contribution is -2.11. The molecule has 0 atom stereocenters. The van der Waals surface area contributed by atoms with Crippen LogP contribution in [0.4, 0.5) is 5.13 Å². The second-order valence-corrected chi connectivity index (χ2v) is 6.81. The molecule has 0 spiro atoms. The molecule has 1 aromatic heterocycles. The molecule has 3 rings (SSSR count). The van der Waals surface area contributed by atoms with Crippen molar-refractivity contribution in [1.82, 2.24) is 4.98 Å². The molecule has 0 radical (unpaired) electrons. The molecule has 0 bridgehead atoms. The van der Waals surface area contributed by atoms with Crippen LogP contribution in [0.1, 0.15) is 32.6 Å². The molecule has 0 saturated carbocycles. The predicted octanol–water partition coefficient (Wildman–Crippen LogP) is 4.86. The molecule has 3 aromatic rings. The van der Waals surface area contributed by atoms with Gasteiger partial charge in [-0.2, -0.15) is 5.26 Å². The summed E-state index contributed by atoms with van der Waals surface area (Å²) in [6.07, 6.45) is 0. The molecule has 0 aliphatic rings. The summed E-state index contributed by atoms with van der Waals surface area (Å²) in [5, 5.41) is 14.2. The van der Waals surface area contributed by atoms with Crippen molar-refractivity contribution >= 4 is 22.4 Å². The van der Waals surface area contributed by atoms with Crippen LogP contribution in [-0.4, -0.2) is 10.9 Å². The lowest BCUT2D eigenvalue weighted by Gasteiger charge is -2.08. The van der Waals surface area contributed by atoms with Gasteiger partial charge in [0.1, 0.15) is 0 Å². The Morgan fingerprint density at radius 3 is 2.36 bits per heavy atom. The first-order valence-corrected chi connectivity index (χ1v) is 8.71. The molecule has 1 amide bonds. The molecule has 5 heteroatoms. The van der Waals surface area contributed by atoms with Crippen LogP contribution >= 0.6 is 11.3 Å². The maximum atomic E-state index is 12.3. The Morgan fingerprint density at radius 2 is 1.76 bits per heavy atom. The largest absolute Gasteiger partial charge is 0.298 e. The number of nitriles is 1. The lowest BCUT2D eigenvalue weighted by molar-refractivity contribution is 0.102. The van der Waals surface area contributed by atoms with Gasteiger partial charge in [0.2, 0.25) is 0 Å². The summed E-state index contributed by atoms with van der Waals surface area (Å²) in [7, 11) is 0. The number of thiazole rings is 1. The minimum Gasteiger partial charge on any atom is -0.298 e. The van der Waals surface area contributed by atoms with Crippen LogP contribution in [0, 0.1) is 32.1 Å². The molecule has 0 fully saturated rings. The van der Waals surface area contributed by atoms with Gasteiger partial charge in [0, 0.05) is 16.5 Å². The molecular weight excluding hydrogens is 330 g/mol. The van der Waals surface area contributed by atoms with E-state index < -0.39 is 0 Å². The van der Waals surface area contributed by atoms with Crippen molar-refractivity contribution in [3.63, 3.8) is 0 Å². The van der Waals surface area contributed by atoms with Crippen LogP contribution in [0.2, 0.25) is 0 Å². The van der Waals surface area contributed by atoms with Gasteiger partial charge in [-0.05, 0) is 56.2 Å². The average molecular weight is 347 g/mol. The Kier molecular flexibility index (Phi) is 4.64. The van der Waals surface area contributed by atoms with E-state index in [1.54, 1.807) is 24.3 Å². The smallest absolute Gasteiger partial charge is 0.257 e. The normalized spacial score (nSPS) is 10.3. The maximum absolute atomic E-state index is 12.3. The maximum Gasteiger partial charge on any atom is 0.257 e. The molecule has 0 saturated heterocycles. The molecule has 25 heavy (non-hydrogen) atoms. The van der Waals surface area contributed by atoms with Crippen LogP contribution in [0.5, 0.6) is 0 Å². The molecule has 0 unspecified atom stereocenters. The highest BCUT2D eigenvalue weighted by atomic mass is 32.1. The first kappa shape index (κ1) is 16.9. The minimum atomic E-state index is -0.234. The van der Waals surface area contributed by atoms with E-state index in [9.17, 15) is 4.79 Å². The number of aromatic nitrogens is 1. The van der Waals surface area contributed by atoms with Crippen molar-refractivity contribution in [2.45, 2.75) is 20.8 Å². The van der Waals surface area contributed by atoms with Gasteiger partial charge in [0.05, 0.1) is 17.3 Å². The third kappa shape index (κ3) is 3.59. The third-order valence-electron chi connectivity index (χ3n) is 3.93. The molecule has 4 nitrogen and oxygen atoms in total. The Labute approximate surface area is 150 Å². The van der Waals surface area contributed by atoms with E-state index in [4.69, 9.17) is 5.26 Å². The van der Waals surface area contributed by atoms with Crippen LogP contribution in [0.25, 0.3) is 11.3 Å². The summed E-state index contributed by atoms with van der Waals surface area (Å²) in [4.78, 5) is 16.9. The van der Waals surface area contributed by atoms with E-state index in [1.165, 1.54) is 28.0 Å². The van der Waals surface area contributed by atoms with Crippen molar-refractivity contribution in [3.05, 3.63) is 69.6 Å². The van der Waals surface area contributed by atoms with E-state index in [2.05, 4.69) is 43.2 Å². The molecule has 1 N–H and O–H groups in total. The number of benzene rings is 2. The van der Waals surface area contributed by atoms with E-state index in [0.29, 0.717) is 16.3 Å². The highest BCUT2D eigenvalue weighted by molar-refractivity contribution is 7.14. The van der Waals surface area contributed by atoms with E-state index in [-0.39, 0.29) is 5.91 Å². The predicted molar refractivity (Wildman–Crippen MR) is 101 cm³/mol. The monoisotopic (exact) mass is 347 g/mol. The summed E-state index contributed by atoms with van der Waals surface area (Å²) in [5.74, 6) is -0.234. The molecule has 0 aliphatic heterocycles. The Morgan fingerprint density at radius 1 is 1.12 bits per heavy atom. The summed E-state index contributed by atoms with van der Waals surface area (Å²) >= 11 is 1.40. The Hall–Kier alpha value is -2.97. The van der Waals surface area contributed by atoms with Crippen LogP contribution in [0.3, 0.4) is 0 Å². The van der Waals surface area contributed by atoms with Crippen molar-refractivity contribution in [2.75, 3.05) is 5.32 Å². The van der Waals surface area contributed by atoms with Crippen LogP contribution < -0.4 is 5.32 Å². The van der Waals surface area contributed by atoms with Crippen molar-refractivity contribution in [3.8, 4) is 17.3 Å². The van der Waals surface area contributed by atoms with Crippen molar-refractivity contribution < 1.29 is 4.79 Å². The number of carbonyl (C=O) groups excluding carboxylic acids is 1. The zero-order chi connectivity index (χ0) is 18.0. The first-order valence-electron chi connectivity index (χ1n) is 7.83. The molecule has 2 aromatic carbocycles. The van der Waals surface area contributed by atoms with E-state index in [0.717, 1.165) is 11.3 Å². The second kappa shape index (κ2) is 6.88. The fourth-order valence-corrected chi connectivity index (χ4v) is 3.59. The standard InChI is InChI=1S/C20H17N3OS/c1-12-8-13(2)18(14(3)9-12)17-11-25-20(22-17)23-19(24)16-6-4-15(10-21)5-7-16/h4-9,11H,1-3H3,(H,22,23,24). The van der Waals surface area contributed by atoms with Crippen LogP contribution in [0.15, 0.2) is 41.8 Å². The number of amides is 1. The highest BCUT2D eigenvalue weighted by Crippen LogP contribution is 2.31. The number of anilines is 1. The van der Waals surface area contributed by atoms with Crippen molar-refractivity contribution in [2.24, 2.45) is 0 Å². The minimum absolute atomic E-state index is 0.234. The third-order valence-corrected chi connectivity index (χ3v) is 4.69. The van der Waals surface area contributed by atoms with Gasteiger partial charge in [-0.25, -0.2) is 4.98 Å². The Balaban J connectivity index is 1.82. The van der Waals surface area contributed by atoms with Gasteiger partial charge in [-0.3, -0.25) is 10.1 Å². The molecule has 0 aliphatic carbocycles. The van der Waals surface area contributed by atoms with E-state index in [1.807, 2.05) is 11.4 Å². The van der Waals surface area contributed by atoms with Crippen molar-refractivity contribution in [1.29, 1.82) is 5.26 Å². The van der Waals surface area contributed by atoms with Gasteiger partial charge in [-0.15, -0.1) is 11.3 Å². The average Bonchev–Trinajstić information content (AvgIpc) is 3.02. The van der Waals surface area contributed by atoms with Gasteiger partial charge in [0.25, 0.3) is 5.91 Å². The number of hydrogen-bond donors (Lipinski definition) is 1. The second-order valence-electron chi connectivity index (χ2n) is 5.95. The highest BCUT2D eigenvalue weighted by Gasteiger charge is 2.13. The topological polar surface area (TPSA) is 65.8 Å². The Bertz CT molecular complexity index is 958. The fraction of sp³-hybridized carbons (Fsp3) is 0.150. The first-order chi connectivity index (χ1) is 12.0. The number of nitrogens with zero attached hydrogens (tertiary/aromatic N) is 2. The number of rotatable bonds is 3. The summed E-state index contributed by atoms with van der Waals surface area (Å²) in [6, 6.07) is 12.8. The number of nitrogens with one attached hydrogen (secondary N) is 1. The summed E-state index contributed by atoms with van der Waals surface area (Å²) < 4.78 is 0. The summed E-state index contributed by atoms with van der Waals surface area (Å²) in [6.45, 7) is 6.22. The van der Waals surface area contributed by atoms with Crippen LogP contribution in [-0.2, 0) is 0 Å². The zero-order valence-corrected chi connectivity index (χ0v) is 15.1. The van der Waals surface area contributed by atoms with Gasteiger partial charge in [0.15, 0.2) is 5.13 Å². The van der Waals surface area contributed by atoms with Gasteiger partial charge < -0.3 is 0 Å². The van der Waals surface area contributed by atoms with E-state index >= 15 is 0 Å². The molecular formula is C20H17N3OS. The lowest BCUT2D eigenvalue weighted by atomic mass is 9.98. The van der Waals surface area contributed by atoms with Gasteiger partial charge >= 0.3 is 0 Å². The quantitative estimate of drug-likeness (QED) is 0.736. The molecule has 124 valence electrons.